The fourth-order valence-electron chi connectivity index (χ4n) is 2.41. The second-order valence-electron chi connectivity index (χ2n) is 5.22. The summed E-state index contributed by atoms with van der Waals surface area (Å²) in [6.07, 6.45) is 0. The van der Waals surface area contributed by atoms with Crippen LogP contribution in [0.4, 0.5) is 5.69 Å². The minimum atomic E-state index is -3.48. The highest BCUT2D eigenvalue weighted by atomic mass is 79.9. The van der Waals surface area contributed by atoms with E-state index in [1.54, 1.807) is 23.4 Å². The van der Waals surface area contributed by atoms with Crippen LogP contribution in [0.25, 0.3) is 0 Å². The molecule has 1 aliphatic rings. The predicted octanol–water partition coefficient (Wildman–Crippen LogP) is 2.85. The van der Waals surface area contributed by atoms with Gasteiger partial charge in [0.15, 0.2) is 0 Å². The number of rotatable bonds is 2. The van der Waals surface area contributed by atoms with Gasteiger partial charge in [-0.3, -0.25) is 0 Å². The third-order valence-electron chi connectivity index (χ3n) is 3.30. The zero-order valence-electron chi connectivity index (χ0n) is 11.8. The van der Waals surface area contributed by atoms with Crippen LogP contribution in [0.3, 0.4) is 0 Å². The molecule has 2 unspecified atom stereocenters. The molecule has 0 aromatic heterocycles. The highest BCUT2D eigenvalue weighted by Gasteiger charge is 2.33. The van der Waals surface area contributed by atoms with Crippen LogP contribution in [0, 0.1) is 6.92 Å². The van der Waals surface area contributed by atoms with Gasteiger partial charge in [-0.25, -0.2) is 8.42 Å². The van der Waals surface area contributed by atoms with Crippen LogP contribution < -0.4 is 5.73 Å². The van der Waals surface area contributed by atoms with Crippen molar-refractivity contribution in [2.75, 3.05) is 18.8 Å². The lowest BCUT2D eigenvalue weighted by Gasteiger charge is -2.34. The van der Waals surface area contributed by atoms with Gasteiger partial charge < -0.3 is 5.73 Å². The molecule has 1 saturated heterocycles. The molecule has 7 heteroatoms. The first kappa shape index (κ1) is 16.1. The van der Waals surface area contributed by atoms with Crippen molar-refractivity contribution in [2.24, 2.45) is 0 Å². The predicted molar refractivity (Wildman–Crippen MR) is 88.6 cm³/mol. The van der Waals surface area contributed by atoms with Crippen LogP contribution in [0.2, 0.25) is 0 Å². The molecule has 0 amide bonds. The Morgan fingerprint density at radius 1 is 1.30 bits per heavy atom. The lowest BCUT2D eigenvalue weighted by Crippen LogP contribution is -2.44. The van der Waals surface area contributed by atoms with Crippen molar-refractivity contribution in [3.63, 3.8) is 0 Å². The molecule has 20 heavy (non-hydrogen) atoms. The minimum Gasteiger partial charge on any atom is -0.398 e. The number of nitrogens with zero attached hydrogens (tertiary/aromatic N) is 1. The zero-order chi connectivity index (χ0) is 15.1. The maximum absolute atomic E-state index is 12.8. The average molecular weight is 379 g/mol. The van der Waals surface area contributed by atoms with E-state index in [0.717, 1.165) is 4.47 Å². The number of benzene rings is 1. The van der Waals surface area contributed by atoms with Crippen molar-refractivity contribution in [1.29, 1.82) is 0 Å². The lowest BCUT2D eigenvalue weighted by molar-refractivity contribution is 0.404. The molecule has 2 atom stereocenters. The molecule has 0 aliphatic carbocycles. The monoisotopic (exact) mass is 378 g/mol. The molecule has 0 spiro atoms. The second kappa shape index (κ2) is 5.87. The van der Waals surface area contributed by atoms with E-state index in [-0.39, 0.29) is 0 Å². The first-order valence-corrected chi connectivity index (χ1v) is 9.60. The molecule has 1 aliphatic heterocycles. The first-order valence-electron chi connectivity index (χ1n) is 6.43. The van der Waals surface area contributed by atoms with E-state index in [2.05, 4.69) is 29.8 Å². The summed E-state index contributed by atoms with van der Waals surface area (Å²) in [5.41, 5.74) is 6.99. The van der Waals surface area contributed by atoms with E-state index in [0.29, 0.717) is 39.7 Å². The number of hydrogen-bond acceptors (Lipinski definition) is 4. The number of sulfonamides is 1. The summed E-state index contributed by atoms with van der Waals surface area (Å²) in [5.74, 6) is 0. The largest absolute Gasteiger partial charge is 0.398 e. The number of anilines is 1. The van der Waals surface area contributed by atoms with Crippen molar-refractivity contribution < 1.29 is 8.42 Å². The molecule has 1 aromatic carbocycles. The molecular formula is C13H19BrN2O2S2. The Kier molecular flexibility index (Phi) is 4.73. The van der Waals surface area contributed by atoms with E-state index in [9.17, 15) is 8.42 Å². The standard InChI is InChI=1S/C13H19BrN2O2S2/c1-8-4-11(14)12(15)5-13(8)20(17,18)16-6-9(2)19-10(3)7-16/h4-5,9-10H,6-7,15H2,1-3H3. The van der Waals surface area contributed by atoms with Crippen molar-refractivity contribution in [3.05, 3.63) is 22.2 Å². The van der Waals surface area contributed by atoms with E-state index in [4.69, 9.17) is 5.73 Å². The lowest BCUT2D eigenvalue weighted by atomic mass is 10.2. The first-order chi connectivity index (χ1) is 9.21. The van der Waals surface area contributed by atoms with Crippen LogP contribution >= 0.6 is 27.7 Å². The maximum atomic E-state index is 12.8. The van der Waals surface area contributed by atoms with Gasteiger partial charge in [0.1, 0.15) is 0 Å². The van der Waals surface area contributed by atoms with Crippen LogP contribution in [-0.4, -0.2) is 36.3 Å². The van der Waals surface area contributed by atoms with Gasteiger partial charge in [0.2, 0.25) is 10.0 Å². The quantitative estimate of drug-likeness (QED) is 0.803. The molecule has 0 bridgehead atoms. The maximum Gasteiger partial charge on any atom is 0.243 e. The van der Waals surface area contributed by atoms with Crippen molar-refractivity contribution in [3.8, 4) is 0 Å². The van der Waals surface area contributed by atoms with Gasteiger partial charge in [0, 0.05) is 33.7 Å². The Bertz CT molecular complexity index is 609. The van der Waals surface area contributed by atoms with Gasteiger partial charge in [-0.1, -0.05) is 13.8 Å². The number of thioether (sulfide) groups is 1. The van der Waals surface area contributed by atoms with Gasteiger partial charge >= 0.3 is 0 Å². The summed E-state index contributed by atoms with van der Waals surface area (Å²) < 4.78 is 27.9. The molecule has 1 heterocycles. The number of nitrogen functional groups attached to an aromatic ring is 1. The Morgan fingerprint density at radius 2 is 1.85 bits per heavy atom. The Hall–Kier alpha value is -0.240. The Morgan fingerprint density at radius 3 is 2.40 bits per heavy atom. The SMILES string of the molecule is Cc1cc(Br)c(N)cc1S(=O)(=O)N1CC(C)SC(C)C1. The summed E-state index contributed by atoms with van der Waals surface area (Å²) in [7, 11) is -3.48. The van der Waals surface area contributed by atoms with Crippen molar-refractivity contribution in [2.45, 2.75) is 36.2 Å². The molecule has 0 radical (unpaired) electrons. The molecule has 112 valence electrons. The second-order valence-corrected chi connectivity index (χ2v) is 9.86. The molecule has 4 nitrogen and oxygen atoms in total. The van der Waals surface area contributed by atoms with Crippen LogP contribution in [0.15, 0.2) is 21.5 Å². The van der Waals surface area contributed by atoms with E-state index >= 15 is 0 Å². The number of hydrogen-bond donors (Lipinski definition) is 1. The highest BCUT2D eigenvalue weighted by Crippen LogP contribution is 2.32. The van der Waals surface area contributed by atoms with Crippen LogP contribution in [-0.2, 0) is 10.0 Å². The number of aryl methyl sites for hydroxylation is 1. The molecule has 1 fully saturated rings. The van der Waals surface area contributed by atoms with E-state index in [1.807, 2.05) is 11.8 Å². The minimum absolute atomic E-state index is 0.307. The fraction of sp³-hybridized carbons (Fsp3) is 0.538. The molecular weight excluding hydrogens is 360 g/mol. The number of halogens is 1. The topological polar surface area (TPSA) is 63.4 Å². The Balaban J connectivity index is 2.42. The highest BCUT2D eigenvalue weighted by molar-refractivity contribution is 9.10. The summed E-state index contributed by atoms with van der Waals surface area (Å²) in [6, 6.07) is 3.31. The molecule has 0 saturated carbocycles. The normalized spacial score (nSPS) is 24.8. The van der Waals surface area contributed by atoms with Crippen molar-refractivity contribution >= 4 is 43.4 Å². The van der Waals surface area contributed by atoms with Crippen LogP contribution in [0.1, 0.15) is 19.4 Å². The van der Waals surface area contributed by atoms with Crippen LogP contribution in [0.5, 0.6) is 0 Å². The zero-order valence-corrected chi connectivity index (χ0v) is 15.0. The van der Waals surface area contributed by atoms with Gasteiger partial charge in [-0.2, -0.15) is 16.1 Å². The van der Waals surface area contributed by atoms with E-state index < -0.39 is 10.0 Å². The third kappa shape index (κ3) is 3.16. The molecule has 2 N–H and O–H groups in total. The smallest absolute Gasteiger partial charge is 0.243 e. The summed E-state index contributed by atoms with van der Waals surface area (Å²) in [5, 5.41) is 0.614. The number of nitrogens with two attached hydrogens (primary N) is 1. The summed E-state index contributed by atoms with van der Waals surface area (Å²) in [6.45, 7) is 7.01. The third-order valence-corrected chi connectivity index (χ3v) is 7.19. The summed E-state index contributed by atoms with van der Waals surface area (Å²) >= 11 is 5.15. The van der Waals surface area contributed by atoms with Gasteiger partial charge in [0.05, 0.1) is 4.90 Å². The van der Waals surface area contributed by atoms with Gasteiger partial charge in [0.25, 0.3) is 0 Å². The van der Waals surface area contributed by atoms with E-state index in [1.165, 1.54) is 0 Å². The fourth-order valence-corrected chi connectivity index (χ4v) is 6.24. The molecule has 1 aromatic rings. The Labute approximate surface area is 133 Å². The molecule has 2 rings (SSSR count). The van der Waals surface area contributed by atoms with Gasteiger partial charge in [-0.15, -0.1) is 0 Å². The van der Waals surface area contributed by atoms with Crippen molar-refractivity contribution in [1.82, 2.24) is 4.31 Å². The van der Waals surface area contributed by atoms with Gasteiger partial charge in [-0.05, 0) is 40.5 Å². The summed E-state index contributed by atoms with van der Waals surface area (Å²) in [4.78, 5) is 0.310. The average Bonchev–Trinajstić information content (AvgIpc) is 2.32.